The van der Waals surface area contributed by atoms with Crippen molar-refractivity contribution >= 4 is 5.97 Å². The van der Waals surface area contributed by atoms with Crippen LogP contribution in [-0.4, -0.2) is 48.1 Å². The number of carbonyl (C=O) groups is 1. The molecule has 0 N–H and O–H groups in total. The number of hydrogen-bond acceptors (Lipinski definition) is 5. The maximum Gasteiger partial charge on any atom is 0.307 e. The van der Waals surface area contributed by atoms with Crippen molar-refractivity contribution in [2.24, 2.45) is 0 Å². The Kier molecular flexibility index (Phi) is 4.48. The zero-order valence-corrected chi connectivity index (χ0v) is 8.85. The van der Waals surface area contributed by atoms with Crippen LogP contribution in [0.2, 0.25) is 0 Å². The van der Waals surface area contributed by atoms with Gasteiger partial charge >= 0.3 is 5.97 Å². The molecule has 1 fully saturated rings. The van der Waals surface area contributed by atoms with Gasteiger partial charge in [0.05, 0.1) is 6.42 Å². The Hall–Kier alpha value is -1.17. The topological polar surface area (TPSA) is 72.5 Å². The van der Waals surface area contributed by atoms with Crippen LogP contribution in [0.4, 0.5) is 0 Å². The summed E-state index contributed by atoms with van der Waals surface area (Å²) in [5, 5.41) is 10.4. The lowest BCUT2D eigenvalue weighted by atomic mass is 10.2. The highest BCUT2D eigenvalue weighted by molar-refractivity contribution is 5.69. The van der Waals surface area contributed by atoms with Crippen LogP contribution in [0.15, 0.2) is 0 Å². The molecule has 1 atom stereocenters. The van der Waals surface area contributed by atoms with E-state index in [0.717, 1.165) is 13.1 Å². The first kappa shape index (κ1) is 11.9. The third-order valence-corrected chi connectivity index (χ3v) is 2.38. The molecule has 1 rings (SSSR count). The minimum absolute atomic E-state index is 0.109. The SMILES string of the molecule is CCC(COC(=O)CCN1CC1)[N+](=O)[O-]. The normalized spacial score (nSPS) is 17.1. The third kappa shape index (κ3) is 4.73. The second-order valence-electron chi connectivity index (χ2n) is 3.62. The van der Waals surface area contributed by atoms with Crippen molar-refractivity contribution in [2.75, 3.05) is 26.2 Å². The molecule has 0 aromatic carbocycles. The summed E-state index contributed by atoms with van der Waals surface area (Å²) in [4.78, 5) is 23.3. The lowest BCUT2D eigenvalue weighted by molar-refractivity contribution is -0.525. The number of carbonyl (C=O) groups excluding carboxylic acids is 1. The van der Waals surface area contributed by atoms with Gasteiger partial charge < -0.3 is 9.64 Å². The summed E-state index contributed by atoms with van der Waals surface area (Å²) in [5.74, 6) is -0.345. The van der Waals surface area contributed by atoms with Gasteiger partial charge in [-0.3, -0.25) is 14.9 Å². The van der Waals surface area contributed by atoms with Crippen LogP contribution in [0.3, 0.4) is 0 Å². The highest BCUT2D eigenvalue weighted by atomic mass is 16.6. The molecule has 86 valence electrons. The van der Waals surface area contributed by atoms with E-state index in [1.807, 2.05) is 0 Å². The molecule has 0 bridgehead atoms. The smallest absolute Gasteiger partial charge is 0.307 e. The van der Waals surface area contributed by atoms with E-state index in [0.29, 0.717) is 19.4 Å². The number of nitrogens with zero attached hydrogens (tertiary/aromatic N) is 2. The molecule has 0 radical (unpaired) electrons. The molecular formula is C9H16N2O4. The van der Waals surface area contributed by atoms with E-state index >= 15 is 0 Å². The molecule has 0 aromatic heterocycles. The van der Waals surface area contributed by atoms with Crippen LogP contribution in [0, 0.1) is 10.1 Å². The largest absolute Gasteiger partial charge is 0.458 e. The Morgan fingerprint density at radius 1 is 1.60 bits per heavy atom. The molecule has 1 heterocycles. The van der Waals surface area contributed by atoms with Gasteiger partial charge in [0.1, 0.15) is 0 Å². The van der Waals surface area contributed by atoms with Crippen LogP contribution in [0.25, 0.3) is 0 Å². The van der Waals surface area contributed by atoms with Crippen LogP contribution in [-0.2, 0) is 9.53 Å². The zero-order chi connectivity index (χ0) is 11.3. The molecule has 0 amide bonds. The van der Waals surface area contributed by atoms with Crippen molar-refractivity contribution < 1.29 is 14.5 Å². The first-order valence-corrected chi connectivity index (χ1v) is 5.15. The van der Waals surface area contributed by atoms with Gasteiger partial charge in [-0.05, 0) is 0 Å². The van der Waals surface area contributed by atoms with Crippen molar-refractivity contribution in [3.63, 3.8) is 0 Å². The maximum absolute atomic E-state index is 11.1. The van der Waals surface area contributed by atoms with E-state index in [1.165, 1.54) is 0 Å². The minimum atomic E-state index is -0.768. The van der Waals surface area contributed by atoms with Gasteiger partial charge in [0, 0.05) is 31.0 Å². The molecule has 1 aliphatic rings. The van der Waals surface area contributed by atoms with Gasteiger partial charge in [0.15, 0.2) is 6.61 Å². The Morgan fingerprint density at radius 2 is 2.27 bits per heavy atom. The molecule has 0 spiro atoms. The molecule has 1 unspecified atom stereocenters. The van der Waals surface area contributed by atoms with Crippen LogP contribution < -0.4 is 0 Å². The van der Waals surface area contributed by atoms with Crippen LogP contribution >= 0.6 is 0 Å². The van der Waals surface area contributed by atoms with Gasteiger partial charge in [0.2, 0.25) is 6.04 Å². The molecule has 1 aliphatic heterocycles. The highest BCUT2D eigenvalue weighted by Gasteiger charge is 2.21. The van der Waals surface area contributed by atoms with E-state index in [9.17, 15) is 14.9 Å². The molecular weight excluding hydrogens is 200 g/mol. The van der Waals surface area contributed by atoms with Crippen LogP contribution in [0.5, 0.6) is 0 Å². The van der Waals surface area contributed by atoms with E-state index in [2.05, 4.69) is 4.90 Å². The zero-order valence-electron chi connectivity index (χ0n) is 8.85. The standard InChI is InChI=1S/C9H16N2O4/c1-2-8(11(13)14)7-15-9(12)3-4-10-5-6-10/h8H,2-7H2,1H3. The maximum atomic E-state index is 11.1. The second kappa shape index (κ2) is 5.65. The highest BCUT2D eigenvalue weighted by Crippen LogP contribution is 2.05. The summed E-state index contributed by atoms with van der Waals surface area (Å²) in [6.45, 7) is 4.38. The molecule has 0 aromatic rings. The predicted octanol–water partition coefficient (Wildman–Crippen LogP) is 0.291. The monoisotopic (exact) mass is 216 g/mol. The fraction of sp³-hybridized carbons (Fsp3) is 0.889. The fourth-order valence-corrected chi connectivity index (χ4v) is 1.13. The quantitative estimate of drug-likeness (QED) is 0.265. The molecule has 0 saturated carbocycles. The summed E-state index contributed by atoms with van der Waals surface area (Å²) in [6.07, 6.45) is 0.709. The molecule has 6 heteroatoms. The van der Waals surface area contributed by atoms with Crippen LogP contribution in [0.1, 0.15) is 19.8 Å². The molecule has 0 aliphatic carbocycles. The summed E-state index contributed by atoms with van der Waals surface area (Å²) in [7, 11) is 0. The third-order valence-electron chi connectivity index (χ3n) is 2.38. The average Bonchev–Trinajstić information content (AvgIpc) is 2.98. The number of esters is 1. The van der Waals surface area contributed by atoms with E-state index in [4.69, 9.17) is 4.74 Å². The van der Waals surface area contributed by atoms with Crippen molar-refractivity contribution in [1.82, 2.24) is 4.90 Å². The Labute approximate surface area is 88.3 Å². The summed E-state index contributed by atoms with van der Waals surface area (Å²) < 4.78 is 4.83. The minimum Gasteiger partial charge on any atom is -0.458 e. The Morgan fingerprint density at radius 3 is 2.73 bits per heavy atom. The van der Waals surface area contributed by atoms with Gasteiger partial charge in [-0.15, -0.1) is 0 Å². The summed E-state index contributed by atoms with van der Waals surface area (Å²) in [6, 6.07) is -0.768. The number of rotatable bonds is 7. The van der Waals surface area contributed by atoms with E-state index in [1.54, 1.807) is 6.92 Å². The van der Waals surface area contributed by atoms with E-state index in [-0.39, 0.29) is 12.6 Å². The number of hydrogen-bond donors (Lipinski definition) is 0. The van der Waals surface area contributed by atoms with Gasteiger partial charge in [0.25, 0.3) is 0 Å². The lowest BCUT2D eigenvalue weighted by Crippen LogP contribution is -2.26. The first-order chi connectivity index (χ1) is 7.13. The fourth-order valence-electron chi connectivity index (χ4n) is 1.13. The first-order valence-electron chi connectivity index (χ1n) is 5.15. The van der Waals surface area contributed by atoms with Gasteiger partial charge in [-0.25, -0.2) is 0 Å². The van der Waals surface area contributed by atoms with Gasteiger partial charge in [-0.2, -0.15) is 0 Å². The van der Waals surface area contributed by atoms with Crippen molar-refractivity contribution in [1.29, 1.82) is 0 Å². The predicted molar refractivity (Wildman–Crippen MR) is 53.1 cm³/mol. The Balaban J connectivity index is 2.10. The number of ether oxygens (including phenoxy) is 1. The molecule has 6 nitrogen and oxygen atoms in total. The van der Waals surface area contributed by atoms with Crippen molar-refractivity contribution in [2.45, 2.75) is 25.8 Å². The van der Waals surface area contributed by atoms with Gasteiger partial charge in [-0.1, -0.05) is 6.92 Å². The Bertz CT molecular complexity index is 240. The second-order valence-corrected chi connectivity index (χ2v) is 3.62. The summed E-state index contributed by atoms with van der Waals surface area (Å²) in [5.41, 5.74) is 0. The van der Waals surface area contributed by atoms with Crippen molar-refractivity contribution in [3.05, 3.63) is 10.1 Å². The number of nitro groups is 1. The van der Waals surface area contributed by atoms with Crippen molar-refractivity contribution in [3.8, 4) is 0 Å². The lowest BCUT2D eigenvalue weighted by Gasteiger charge is -2.08. The van der Waals surface area contributed by atoms with E-state index < -0.39 is 11.0 Å². The average molecular weight is 216 g/mol. The summed E-state index contributed by atoms with van der Waals surface area (Å²) >= 11 is 0. The molecule has 1 saturated heterocycles. The molecule has 15 heavy (non-hydrogen) atoms.